The molecule has 0 saturated carbocycles. The van der Waals surface area contributed by atoms with E-state index < -0.39 is 20.0 Å². The van der Waals surface area contributed by atoms with E-state index in [1.54, 1.807) is 0 Å². The Kier molecular flexibility index (Phi) is 5.22. The Morgan fingerprint density at radius 3 is 2.65 bits per heavy atom. The molecule has 1 aromatic heterocycles. The van der Waals surface area contributed by atoms with Gasteiger partial charge in [0.2, 0.25) is 10.0 Å². The van der Waals surface area contributed by atoms with Gasteiger partial charge >= 0.3 is 0 Å². The minimum absolute atomic E-state index is 0. The van der Waals surface area contributed by atoms with Crippen molar-refractivity contribution in [3.8, 4) is 0 Å². The van der Waals surface area contributed by atoms with Gasteiger partial charge in [0.25, 0.3) is 10.0 Å². The second kappa shape index (κ2) is 6.00. The van der Waals surface area contributed by atoms with Crippen molar-refractivity contribution in [2.75, 3.05) is 20.3 Å². The summed E-state index contributed by atoms with van der Waals surface area (Å²) in [5.41, 5.74) is 0.336. The summed E-state index contributed by atoms with van der Waals surface area (Å²) in [7, 11) is -6.17. The molecule has 0 amide bonds. The van der Waals surface area contributed by atoms with Crippen LogP contribution in [-0.4, -0.2) is 41.4 Å². The molecule has 0 atom stereocenters. The van der Waals surface area contributed by atoms with Crippen molar-refractivity contribution in [1.82, 2.24) is 4.31 Å². The number of halogens is 1. The molecule has 11 heteroatoms. The molecule has 0 unspecified atom stereocenters. The predicted molar refractivity (Wildman–Crippen MR) is 77.7 cm³/mol. The van der Waals surface area contributed by atoms with Crippen LogP contribution in [0.25, 0.3) is 6.08 Å². The fourth-order valence-corrected chi connectivity index (χ4v) is 5.48. The smallest absolute Gasteiger partial charge is 0.274 e. The summed E-state index contributed by atoms with van der Waals surface area (Å²) in [6.45, 7) is 0.406. The van der Waals surface area contributed by atoms with Gasteiger partial charge in [0.1, 0.15) is 8.42 Å². The summed E-state index contributed by atoms with van der Waals surface area (Å²) in [5, 5.41) is 5.00. The number of primary sulfonamides is 1. The van der Waals surface area contributed by atoms with E-state index in [1.807, 2.05) is 0 Å². The van der Waals surface area contributed by atoms with Gasteiger partial charge < -0.3 is 4.74 Å². The normalized spacial score (nSPS) is 16.6. The van der Waals surface area contributed by atoms with Crippen molar-refractivity contribution < 1.29 is 21.6 Å². The lowest BCUT2D eigenvalue weighted by atomic mass is 10.3. The molecule has 2 N–H and O–H groups in total. The first-order chi connectivity index (χ1) is 8.76. The van der Waals surface area contributed by atoms with Gasteiger partial charge in [0.05, 0.1) is 13.2 Å². The zero-order valence-corrected chi connectivity index (χ0v) is 13.6. The van der Waals surface area contributed by atoms with Gasteiger partial charge in [-0.25, -0.2) is 22.0 Å². The number of methoxy groups -OCH3 is 1. The molecule has 0 aromatic carbocycles. The molecule has 1 aliphatic heterocycles. The molecule has 1 aromatic rings. The quantitative estimate of drug-likeness (QED) is 0.838. The Balaban J connectivity index is 0.00000200. The van der Waals surface area contributed by atoms with Crippen molar-refractivity contribution in [2.24, 2.45) is 5.14 Å². The van der Waals surface area contributed by atoms with E-state index in [0.717, 1.165) is 4.31 Å². The van der Waals surface area contributed by atoms with Crippen molar-refractivity contribution >= 4 is 49.9 Å². The maximum absolute atomic E-state index is 12.2. The second-order valence-corrected chi connectivity index (χ2v) is 8.70. The van der Waals surface area contributed by atoms with E-state index >= 15 is 0 Å². The van der Waals surface area contributed by atoms with Crippen LogP contribution in [-0.2, 0) is 24.8 Å². The lowest BCUT2D eigenvalue weighted by Gasteiger charge is -2.22. The molecule has 2 heterocycles. The number of sulfonamides is 2. The summed E-state index contributed by atoms with van der Waals surface area (Å²) in [6.07, 6.45) is 2.92. The highest BCUT2D eigenvalue weighted by Crippen LogP contribution is 2.35. The van der Waals surface area contributed by atoms with Gasteiger partial charge in [0, 0.05) is 18.9 Å². The maximum Gasteiger partial charge on any atom is 0.274 e. The fourth-order valence-electron chi connectivity index (χ4n) is 1.55. The van der Waals surface area contributed by atoms with Crippen LogP contribution < -0.4 is 5.14 Å². The van der Waals surface area contributed by atoms with Crippen LogP contribution in [0.3, 0.4) is 0 Å². The first-order valence-corrected chi connectivity index (χ1v) is 8.93. The summed E-state index contributed by atoms with van der Waals surface area (Å²) in [4.78, 5) is 0. The number of hydrogen-bond acceptors (Lipinski definition) is 6. The molecular formula is C9H13ClN2O5S3. The SMILES string of the molecule is COCCN1C=Cc2cc(S(N)(=O)=O)sc2S1(=O)=O.Cl. The lowest BCUT2D eigenvalue weighted by molar-refractivity contribution is 0.188. The molecule has 0 bridgehead atoms. The van der Waals surface area contributed by atoms with E-state index in [2.05, 4.69) is 0 Å². The highest BCUT2D eigenvalue weighted by atomic mass is 35.5. The molecule has 20 heavy (non-hydrogen) atoms. The maximum atomic E-state index is 12.2. The van der Waals surface area contributed by atoms with Crippen LogP contribution in [0.2, 0.25) is 0 Å². The third kappa shape index (κ3) is 3.15. The zero-order chi connectivity index (χ0) is 14.3. The van der Waals surface area contributed by atoms with Gasteiger partial charge in [-0.1, -0.05) is 0 Å². The standard InChI is InChI=1S/C9H12N2O5S3.ClH/c1-16-5-4-11-3-2-7-6-8(18(10,12)13)17-9(7)19(11,14)15;/h2-3,6H,4-5H2,1H3,(H2,10,12,13);1H. The largest absolute Gasteiger partial charge is 0.383 e. The topological polar surface area (TPSA) is 107 Å². The summed E-state index contributed by atoms with van der Waals surface area (Å²) >= 11 is 0.652. The average Bonchev–Trinajstić information content (AvgIpc) is 2.73. The van der Waals surface area contributed by atoms with Crippen molar-refractivity contribution in [1.29, 1.82) is 0 Å². The Hall–Kier alpha value is -0.650. The summed E-state index contributed by atoms with van der Waals surface area (Å²) in [6, 6.07) is 1.26. The molecule has 2 rings (SSSR count). The van der Waals surface area contributed by atoms with Gasteiger partial charge in [-0.05, 0) is 12.1 Å². The number of hydrogen-bond donors (Lipinski definition) is 1. The number of nitrogens with two attached hydrogens (primary N) is 1. The Labute approximate surface area is 127 Å². The van der Waals surface area contributed by atoms with Crippen LogP contribution in [0.4, 0.5) is 0 Å². The zero-order valence-electron chi connectivity index (χ0n) is 10.3. The van der Waals surface area contributed by atoms with Crippen LogP contribution in [0.5, 0.6) is 0 Å². The highest BCUT2D eigenvalue weighted by Gasteiger charge is 2.31. The van der Waals surface area contributed by atoms with Gasteiger partial charge in [0.15, 0.2) is 0 Å². The van der Waals surface area contributed by atoms with Crippen LogP contribution in [0.1, 0.15) is 5.56 Å². The highest BCUT2D eigenvalue weighted by molar-refractivity contribution is 7.94. The minimum atomic E-state index is -3.90. The molecule has 114 valence electrons. The second-order valence-electron chi connectivity index (χ2n) is 3.78. The monoisotopic (exact) mass is 360 g/mol. The Bertz CT molecular complexity index is 723. The number of nitrogens with zero attached hydrogens (tertiary/aromatic N) is 1. The molecule has 0 saturated heterocycles. The lowest BCUT2D eigenvalue weighted by Crippen LogP contribution is -2.30. The van der Waals surface area contributed by atoms with E-state index in [0.29, 0.717) is 16.9 Å². The van der Waals surface area contributed by atoms with E-state index in [9.17, 15) is 16.8 Å². The fraction of sp³-hybridized carbons (Fsp3) is 0.333. The third-order valence-corrected chi connectivity index (χ3v) is 7.34. The Morgan fingerprint density at radius 2 is 2.10 bits per heavy atom. The first-order valence-electron chi connectivity index (χ1n) is 5.12. The number of ether oxygens (including phenoxy) is 1. The van der Waals surface area contributed by atoms with Gasteiger partial charge in [-0.15, -0.1) is 23.7 Å². The molecule has 7 nitrogen and oxygen atoms in total. The number of thiophene rings is 1. The number of rotatable bonds is 4. The van der Waals surface area contributed by atoms with Crippen molar-refractivity contribution in [3.05, 3.63) is 17.8 Å². The van der Waals surface area contributed by atoms with Crippen LogP contribution >= 0.6 is 23.7 Å². The summed E-state index contributed by atoms with van der Waals surface area (Å²) < 4.78 is 52.8. The van der Waals surface area contributed by atoms with Crippen LogP contribution in [0, 0.1) is 0 Å². The van der Waals surface area contributed by atoms with E-state index in [4.69, 9.17) is 9.88 Å². The minimum Gasteiger partial charge on any atom is -0.383 e. The van der Waals surface area contributed by atoms with E-state index in [-0.39, 0.29) is 34.0 Å². The van der Waals surface area contributed by atoms with Gasteiger partial charge in [-0.3, -0.25) is 4.31 Å². The predicted octanol–water partition coefficient (Wildman–Crippen LogP) is 0.439. The summed E-state index contributed by atoms with van der Waals surface area (Å²) in [5.74, 6) is 0. The molecule has 0 fully saturated rings. The number of fused-ring (bicyclic) bond motifs is 1. The van der Waals surface area contributed by atoms with Gasteiger partial charge in [-0.2, -0.15) is 0 Å². The molecule has 0 radical (unpaired) electrons. The van der Waals surface area contributed by atoms with Crippen molar-refractivity contribution in [2.45, 2.75) is 8.42 Å². The molecular weight excluding hydrogens is 348 g/mol. The first kappa shape index (κ1) is 17.4. The van der Waals surface area contributed by atoms with Crippen molar-refractivity contribution in [3.63, 3.8) is 0 Å². The van der Waals surface area contributed by atoms with Crippen LogP contribution in [0.15, 0.2) is 20.7 Å². The third-order valence-electron chi connectivity index (χ3n) is 2.46. The molecule has 0 aliphatic carbocycles. The van der Waals surface area contributed by atoms with E-state index in [1.165, 1.54) is 25.5 Å². The molecule has 1 aliphatic rings. The molecule has 0 spiro atoms. The Morgan fingerprint density at radius 1 is 1.45 bits per heavy atom. The average molecular weight is 361 g/mol.